The summed E-state index contributed by atoms with van der Waals surface area (Å²) in [5.74, 6) is 0. The number of hydrogen-bond acceptors (Lipinski definition) is 1. The Balaban J connectivity index is 2.34. The summed E-state index contributed by atoms with van der Waals surface area (Å²) in [5.41, 5.74) is 0. The van der Waals surface area contributed by atoms with Gasteiger partial charge in [-0.2, -0.15) is 0 Å². The van der Waals surface area contributed by atoms with Crippen LogP contribution >= 0.6 is 0 Å². The van der Waals surface area contributed by atoms with Gasteiger partial charge in [-0.25, -0.2) is 0 Å². The molecule has 0 fully saturated rings. The predicted octanol–water partition coefficient (Wildman–Crippen LogP) is 0.342. The number of ether oxygens (including phenoxy) is 1. The molecule has 0 atom stereocenters. The third-order valence-electron chi connectivity index (χ3n) is 0.553. The molecule has 0 unspecified atom stereocenters. The first-order valence-corrected chi connectivity index (χ1v) is 4.44. The molecular formula is C4H10OSn. The second-order valence-corrected chi connectivity index (χ2v) is 2.78. The average Bonchev–Trinajstić information content (AvgIpc) is 1.61. The van der Waals surface area contributed by atoms with E-state index in [0.29, 0.717) is 0 Å². The SMILES string of the molecule is COCC[CH2][SnH]. The standard InChI is InChI=1S/C4H9O.Sn.H/c1-3-4-5-2;;/h1,3-4H2,2H3;;. The summed E-state index contributed by atoms with van der Waals surface area (Å²) >= 11 is 1.38. The van der Waals surface area contributed by atoms with Crippen LogP contribution in [-0.2, 0) is 4.74 Å². The molecule has 0 N–H and O–H groups in total. The van der Waals surface area contributed by atoms with Gasteiger partial charge >= 0.3 is 51.8 Å². The third kappa shape index (κ3) is 4.76. The number of methoxy groups -OCH3 is 1. The molecule has 0 aliphatic heterocycles. The normalized spacial score (nSPS) is 9.00. The molecule has 2 heteroatoms. The summed E-state index contributed by atoms with van der Waals surface area (Å²) in [7, 11) is 1.75. The molecule has 2 radical (unpaired) electrons. The Morgan fingerprint density at radius 1 is 1.67 bits per heavy atom. The summed E-state index contributed by atoms with van der Waals surface area (Å²) in [6, 6.07) is 0. The predicted molar refractivity (Wildman–Crippen MR) is 28.4 cm³/mol. The Labute approximate surface area is 52.2 Å². The van der Waals surface area contributed by atoms with E-state index in [2.05, 4.69) is 0 Å². The molecular weight excluding hydrogens is 183 g/mol. The van der Waals surface area contributed by atoms with Gasteiger partial charge < -0.3 is 0 Å². The van der Waals surface area contributed by atoms with E-state index in [-0.39, 0.29) is 0 Å². The van der Waals surface area contributed by atoms with Gasteiger partial charge in [-0.1, -0.05) is 0 Å². The fourth-order valence-corrected chi connectivity index (χ4v) is 0.703. The van der Waals surface area contributed by atoms with Crippen molar-refractivity contribution in [3.05, 3.63) is 0 Å². The Morgan fingerprint density at radius 3 is 2.50 bits per heavy atom. The Hall–Kier alpha value is 0.759. The van der Waals surface area contributed by atoms with Crippen LogP contribution in [0.4, 0.5) is 0 Å². The van der Waals surface area contributed by atoms with Gasteiger partial charge in [-0.05, 0) is 0 Å². The van der Waals surface area contributed by atoms with Gasteiger partial charge in [0.1, 0.15) is 0 Å². The van der Waals surface area contributed by atoms with Crippen molar-refractivity contribution in [1.82, 2.24) is 0 Å². The number of rotatable bonds is 3. The molecule has 0 rings (SSSR count). The van der Waals surface area contributed by atoms with E-state index in [9.17, 15) is 0 Å². The van der Waals surface area contributed by atoms with Crippen molar-refractivity contribution in [3.63, 3.8) is 0 Å². The second kappa shape index (κ2) is 5.76. The van der Waals surface area contributed by atoms with Crippen LogP contribution in [-0.4, -0.2) is 36.2 Å². The number of hydrogen-bond donors (Lipinski definition) is 0. The van der Waals surface area contributed by atoms with Crippen LogP contribution in [0.2, 0.25) is 4.44 Å². The molecule has 6 heavy (non-hydrogen) atoms. The molecule has 0 saturated carbocycles. The van der Waals surface area contributed by atoms with Crippen molar-refractivity contribution in [3.8, 4) is 0 Å². The van der Waals surface area contributed by atoms with E-state index in [0.717, 1.165) is 6.61 Å². The van der Waals surface area contributed by atoms with E-state index in [1.165, 1.54) is 33.4 Å². The zero-order chi connectivity index (χ0) is 4.83. The van der Waals surface area contributed by atoms with Gasteiger partial charge in [-0.3, -0.25) is 0 Å². The molecule has 0 bridgehead atoms. The minimum absolute atomic E-state index is 0.946. The fourth-order valence-electron chi connectivity index (χ4n) is 0.228. The van der Waals surface area contributed by atoms with Crippen molar-refractivity contribution < 1.29 is 4.74 Å². The van der Waals surface area contributed by atoms with Crippen molar-refractivity contribution in [2.45, 2.75) is 10.9 Å². The molecule has 0 saturated heterocycles. The molecule has 0 aromatic rings. The van der Waals surface area contributed by atoms with Gasteiger partial charge in [-0.15, -0.1) is 0 Å². The zero-order valence-corrected chi connectivity index (χ0v) is 7.40. The van der Waals surface area contributed by atoms with Crippen molar-refractivity contribution in [2.75, 3.05) is 13.7 Å². The van der Waals surface area contributed by atoms with Gasteiger partial charge in [0, 0.05) is 0 Å². The summed E-state index contributed by atoms with van der Waals surface area (Å²) in [6.45, 7) is 0.946. The first kappa shape index (κ1) is 6.76. The van der Waals surface area contributed by atoms with E-state index < -0.39 is 0 Å². The van der Waals surface area contributed by atoms with Crippen molar-refractivity contribution in [2.24, 2.45) is 0 Å². The zero-order valence-electron chi connectivity index (χ0n) is 4.11. The van der Waals surface area contributed by atoms with Crippen molar-refractivity contribution >= 4 is 22.5 Å². The van der Waals surface area contributed by atoms with Gasteiger partial charge in [0.15, 0.2) is 0 Å². The maximum atomic E-state index is 4.80. The van der Waals surface area contributed by atoms with E-state index in [4.69, 9.17) is 4.74 Å². The fraction of sp³-hybridized carbons (Fsp3) is 1.00. The molecule has 0 heterocycles. The Morgan fingerprint density at radius 2 is 2.33 bits per heavy atom. The summed E-state index contributed by atoms with van der Waals surface area (Å²) in [4.78, 5) is 0. The van der Waals surface area contributed by atoms with Crippen LogP contribution in [0.3, 0.4) is 0 Å². The first-order chi connectivity index (χ1) is 2.91. The van der Waals surface area contributed by atoms with Crippen molar-refractivity contribution in [1.29, 1.82) is 0 Å². The van der Waals surface area contributed by atoms with Crippen LogP contribution in [0.1, 0.15) is 6.42 Å². The molecule has 0 aromatic carbocycles. The van der Waals surface area contributed by atoms with Crippen LogP contribution in [0.5, 0.6) is 0 Å². The van der Waals surface area contributed by atoms with E-state index in [1.54, 1.807) is 7.11 Å². The summed E-state index contributed by atoms with van der Waals surface area (Å²) in [6.07, 6.45) is 1.25. The molecule has 0 aromatic heterocycles. The minimum atomic E-state index is 0.946. The van der Waals surface area contributed by atoms with E-state index >= 15 is 0 Å². The van der Waals surface area contributed by atoms with Crippen LogP contribution < -0.4 is 0 Å². The summed E-state index contributed by atoms with van der Waals surface area (Å²) in [5, 5.41) is 0. The van der Waals surface area contributed by atoms with Crippen LogP contribution in [0.25, 0.3) is 0 Å². The molecule has 1 nitrogen and oxygen atoms in total. The third-order valence-corrected chi connectivity index (χ3v) is 1.72. The van der Waals surface area contributed by atoms with Gasteiger partial charge in [0.05, 0.1) is 0 Å². The molecule has 36 valence electrons. The van der Waals surface area contributed by atoms with Gasteiger partial charge in [0.25, 0.3) is 0 Å². The first-order valence-electron chi connectivity index (χ1n) is 2.11. The van der Waals surface area contributed by atoms with Gasteiger partial charge in [0.2, 0.25) is 0 Å². The van der Waals surface area contributed by atoms with Crippen LogP contribution in [0, 0.1) is 0 Å². The molecule has 0 aliphatic rings. The molecule has 0 spiro atoms. The Kier molecular flexibility index (Phi) is 6.49. The average molecular weight is 193 g/mol. The molecule has 0 aliphatic carbocycles. The monoisotopic (exact) mass is 194 g/mol. The maximum absolute atomic E-state index is 4.80. The topological polar surface area (TPSA) is 9.23 Å². The van der Waals surface area contributed by atoms with Crippen LogP contribution in [0.15, 0.2) is 0 Å². The molecule has 0 amide bonds. The Bertz CT molecular complexity index is 19.5. The van der Waals surface area contributed by atoms with E-state index in [1.807, 2.05) is 0 Å². The second-order valence-electron chi connectivity index (χ2n) is 1.14. The summed E-state index contributed by atoms with van der Waals surface area (Å²) < 4.78 is 6.16. The quantitative estimate of drug-likeness (QED) is 0.463.